The van der Waals surface area contributed by atoms with Crippen LogP contribution < -0.4 is 4.74 Å². The Labute approximate surface area is 144 Å². The molecule has 1 fully saturated rings. The molecule has 6 nitrogen and oxygen atoms in total. The lowest BCUT2D eigenvalue weighted by Gasteiger charge is -2.26. The van der Waals surface area contributed by atoms with Crippen molar-refractivity contribution >= 4 is 15.9 Å². The van der Waals surface area contributed by atoms with E-state index in [1.54, 1.807) is 43.7 Å². The fourth-order valence-corrected chi connectivity index (χ4v) is 4.40. The highest BCUT2D eigenvalue weighted by molar-refractivity contribution is 7.89. The molecular formula is C17H26N2O4S. The van der Waals surface area contributed by atoms with Crippen molar-refractivity contribution in [1.82, 2.24) is 9.21 Å². The van der Waals surface area contributed by atoms with Crippen molar-refractivity contribution in [2.45, 2.75) is 37.0 Å². The molecule has 0 N–H and O–H groups in total. The van der Waals surface area contributed by atoms with Crippen LogP contribution in [0.25, 0.3) is 0 Å². The maximum atomic E-state index is 12.8. The van der Waals surface area contributed by atoms with Gasteiger partial charge in [-0.3, -0.25) is 4.79 Å². The fourth-order valence-electron chi connectivity index (χ4n) is 2.83. The topological polar surface area (TPSA) is 66.9 Å². The number of hydrogen-bond acceptors (Lipinski definition) is 4. The summed E-state index contributed by atoms with van der Waals surface area (Å²) in [4.78, 5) is 13.6. The van der Waals surface area contributed by atoms with Crippen molar-refractivity contribution in [2.75, 3.05) is 34.3 Å². The molecule has 134 valence electrons. The summed E-state index contributed by atoms with van der Waals surface area (Å²) in [5, 5.41) is 0. The summed E-state index contributed by atoms with van der Waals surface area (Å²) >= 11 is 0. The number of aryl methyl sites for hydroxylation is 1. The van der Waals surface area contributed by atoms with Crippen LogP contribution in [0.1, 0.15) is 31.2 Å². The highest BCUT2D eigenvalue weighted by Crippen LogP contribution is 2.27. The van der Waals surface area contributed by atoms with Crippen molar-refractivity contribution < 1.29 is 17.9 Å². The lowest BCUT2D eigenvalue weighted by Crippen LogP contribution is -2.35. The Balaban J connectivity index is 2.25. The van der Waals surface area contributed by atoms with Crippen molar-refractivity contribution in [2.24, 2.45) is 0 Å². The van der Waals surface area contributed by atoms with E-state index in [1.807, 2.05) is 0 Å². The molecule has 1 saturated heterocycles. The van der Waals surface area contributed by atoms with E-state index in [1.165, 1.54) is 4.90 Å². The van der Waals surface area contributed by atoms with Gasteiger partial charge in [-0.2, -0.15) is 4.31 Å². The zero-order valence-electron chi connectivity index (χ0n) is 14.6. The van der Waals surface area contributed by atoms with Crippen LogP contribution in [0.5, 0.6) is 5.75 Å². The minimum absolute atomic E-state index is 0.00124. The number of methoxy groups -OCH3 is 1. The van der Waals surface area contributed by atoms with Gasteiger partial charge < -0.3 is 9.64 Å². The van der Waals surface area contributed by atoms with E-state index in [0.29, 0.717) is 31.7 Å². The van der Waals surface area contributed by atoms with Crippen molar-refractivity contribution in [1.29, 1.82) is 0 Å². The summed E-state index contributed by atoms with van der Waals surface area (Å²) in [5.41, 5.74) is 0.741. The number of piperidine rings is 1. The van der Waals surface area contributed by atoms with Gasteiger partial charge in [0.1, 0.15) is 5.75 Å². The Bertz CT molecular complexity index is 680. The average molecular weight is 354 g/mol. The standard InChI is InChI=1S/C17H26N2O4S/c1-18(2)17(20)10-7-14-13-15(8-9-16(14)23-3)24(21,22)19-11-5-4-6-12-19/h8-9,13H,4-7,10-12H2,1-3H3. The number of carbonyl (C=O) groups is 1. The summed E-state index contributed by atoms with van der Waals surface area (Å²) < 4.78 is 32.5. The van der Waals surface area contributed by atoms with Crippen molar-refractivity contribution in [3.63, 3.8) is 0 Å². The molecule has 2 rings (SSSR count). The van der Waals surface area contributed by atoms with Crippen LogP contribution in [-0.2, 0) is 21.2 Å². The van der Waals surface area contributed by atoms with Crippen LogP contribution in [0, 0.1) is 0 Å². The molecule has 24 heavy (non-hydrogen) atoms. The lowest BCUT2D eigenvalue weighted by molar-refractivity contribution is -0.128. The third kappa shape index (κ3) is 4.27. The highest BCUT2D eigenvalue weighted by Gasteiger charge is 2.26. The number of carbonyl (C=O) groups excluding carboxylic acids is 1. The average Bonchev–Trinajstić information content (AvgIpc) is 2.59. The minimum Gasteiger partial charge on any atom is -0.496 e. The van der Waals surface area contributed by atoms with E-state index >= 15 is 0 Å². The number of nitrogens with zero attached hydrogens (tertiary/aromatic N) is 2. The SMILES string of the molecule is COc1ccc(S(=O)(=O)N2CCCCC2)cc1CCC(=O)N(C)C. The van der Waals surface area contributed by atoms with E-state index < -0.39 is 10.0 Å². The molecule has 0 bridgehead atoms. The van der Waals surface area contributed by atoms with Gasteiger partial charge in [-0.25, -0.2) is 8.42 Å². The van der Waals surface area contributed by atoms with Gasteiger partial charge in [0.05, 0.1) is 12.0 Å². The molecule has 1 aliphatic rings. The summed E-state index contributed by atoms with van der Waals surface area (Å²) in [6.07, 6.45) is 3.64. The van der Waals surface area contributed by atoms with Crippen LogP contribution in [0.2, 0.25) is 0 Å². The Morgan fingerprint density at radius 3 is 2.46 bits per heavy atom. The van der Waals surface area contributed by atoms with E-state index in [9.17, 15) is 13.2 Å². The molecule has 0 unspecified atom stereocenters. The second-order valence-corrected chi connectivity index (χ2v) is 8.16. The quantitative estimate of drug-likeness (QED) is 0.782. The molecule has 1 aliphatic heterocycles. The van der Waals surface area contributed by atoms with E-state index in [2.05, 4.69) is 0 Å². The van der Waals surface area contributed by atoms with Gasteiger partial charge in [-0.15, -0.1) is 0 Å². The Kier molecular flexibility index (Phi) is 6.23. The third-order valence-corrected chi connectivity index (χ3v) is 6.21. The first kappa shape index (κ1) is 18.7. The van der Waals surface area contributed by atoms with Gasteiger partial charge in [0, 0.05) is 33.6 Å². The number of sulfonamides is 1. The van der Waals surface area contributed by atoms with E-state index in [-0.39, 0.29) is 10.8 Å². The van der Waals surface area contributed by atoms with Gasteiger partial charge in [0.25, 0.3) is 0 Å². The Morgan fingerprint density at radius 2 is 1.88 bits per heavy atom. The highest BCUT2D eigenvalue weighted by atomic mass is 32.2. The first-order valence-corrected chi connectivity index (χ1v) is 9.67. The Hall–Kier alpha value is -1.60. The number of benzene rings is 1. The Morgan fingerprint density at radius 1 is 1.21 bits per heavy atom. The number of hydrogen-bond donors (Lipinski definition) is 0. The molecule has 0 radical (unpaired) electrons. The first-order valence-electron chi connectivity index (χ1n) is 8.23. The summed E-state index contributed by atoms with van der Waals surface area (Å²) in [6, 6.07) is 4.90. The molecule has 0 atom stereocenters. The maximum absolute atomic E-state index is 12.8. The number of rotatable bonds is 6. The van der Waals surface area contributed by atoms with Crippen LogP contribution in [0.3, 0.4) is 0 Å². The van der Waals surface area contributed by atoms with Gasteiger partial charge in [-0.1, -0.05) is 6.42 Å². The van der Waals surface area contributed by atoms with Crippen LogP contribution >= 0.6 is 0 Å². The number of ether oxygens (including phenoxy) is 1. The second-order valence-electron chi connectivity index (χ2n) is 6.23. The fraction of sp³-hybridized carbons (Fsp3) is 0.588. The molecule has 0 spiro atoms. The largest absolute Gasteiger partial charge is 0.496 e. The van der Waals surface area contributed by atoms with Gasteiger partial charge in [-0.05, 0) is 43.0 Å². The summed E-state index contributed by atoms with van der Waals surface area (Å²) in [5.74, 6) is 0.612. The van der Waals surface area contributed by atoms with Crippen LogP contribution in [0.15, 0.2) is 23.1 Å². The van der Waals surface area contributed by atoms with E-state index in [0.717, 1.165) is 24.8 Å². The minimum atomic E-state index is -3.48. The van der Waals surface area contributed by atoms with Gasteiger partial charge >= 0.3 is 0 Å². The number of amides is 1. The summed E-state index contributed by atoms with van der Waals surface area (Å²) in [7, 11) is 1.48. The predicted octanol–water partition coefficient (Wildman–Crippen LogP) is 1.89. The zero-order valence-corrected chi connectivity index (χ0v) is 15.4. The van der Waals surface area contributed by atoms with Crippen LogP contribution in [0.4, 0.5) is 0 Å². The maximum Gasteiger partial charge on any atom is 0.243 e. The third-order valence-electron chi connectivity index (χ3n) is 4.31. The molecule has 1 heterocycles. The normalized spacial score (nSPS) is 16.0. The molecule has 7 heteroatoms. The van der Waals surface area contributed by atoms with Crippen molar-refractivity contribution in [3.05, 3.63) is 23.8 Å². The lowest BCUT2D eigenvalue weighted by atomic mass is 10.1. The van der Waals surface area contributed by atoms with Gasteiger partial charge in [0.2, 0.25) is 15.9 Å². The second kappa shape index (κ2) is 7.98. The summed E-state index contributed by atoms with van der Waals surface area (Å²) in [6.45, 7) is 1.14. The monoisotopic (exact) mass is 354 g/mol. The van der Waals surface area contributed by atoms with Crippen LogP contribution in [-0.4, -0.2) is 57.8 Å². The van der Waals surface area contributed by atoms with Gasteiger partial charge in [0.15, 0.2) is 0 Å². The molecule has 1 aromatic carbocycles. The molecule has 0 aliphatic carbocycles. The first-order chi connectivity index (χ1) is 11.4. The molecule has 0 saturated carbocycles. The predicted molar refractivity (Wildman–Crippen MR) is 92.6 cm³/mol. The molecular weight excluding hydrogens is 328 g/mol. The smallest absolute Gasteiger partial charge is 0.243 e. The van der Waals surface area contributed by atoms with Crippen molar-refractivity contribution in [3.8, 4) is 5.75 Å². The van der Waals surface area contributed by atoms with E-state index in [4.69, 9.17) is 4.74 Å². The molecule has 0 aromatic heterocycles. The zero-order chi connectivity index (χ0) is 17.7. The molecule has 1 amide bonds. The molecule has 1 aromatic rings.